The molecule has 7 heteroatoms. The first-order valence-corrected chi connectivity index (χ1v) is 11.4. The molecule has 0 bridgehead atoms. The van der Waals surface area contributed by atoms with Crippen LogP contribution in [0.4, 0.5) is 5.69 Å². The second-order valence-corrected chi connectivity index (χ2v) is 8.35. The number of amides is 1. The van der Waals surface area contributed by atoms with Crippen molar-refractivity contribution < 1.29 is 14.3 Å². The van der Waals surface area contributed by atoms with Crippen molar-refractivity contribution in [2.45, 2.75) is 26.7 Å². The molecule has 1 aromatic heterocycles. The van der Waals surface area contributed by atoms with E-state index < -0.39 is 0 Å². The number of benzene rings is 3. The van der Waals surface area contributed by atoms with E-state index in [1.165, 1.54) is 5.56 Å². The maximum Gasteiger partial charge on any atom is 0.255 e. The van der Waals surface area contributed by atoms with Gasteiger partial charge in [-0.1, -0.05) is 47.1 Å². The standard InChI is InChI=1S/C26H24BrN3O3/c1-2-19-6-10-25(11-7-19)33-18-30-16-23(15-28-30)29-26(31)21-5-3-4-20(14-21)17-32-24-12-8-22(27)9-13-24/h3-16H,2,17-18H2,1H3,(H,29,31). The lowest BCUT2D eigenvalue weighted by molar-refractivity contribution is 0.102. The zero-order chi connectivity index (χ0) is 23.0. The van der Waals surface area contributed by atoms with E-state index in [9.17, 15) is 4.79 Å². The molecule has 33 heavy (non-hydrogen) atoms. The lowest BCUT2D eigenvalue weighted by Crippen LogP contribution is -2.12. The van der Waals surface area contributed by atoms with Gasteiger partial charge in [0.15, 0.2) is 6.73 Å². The molecular weight excluding hydrogens is 482 g/mol. The highest BCUT2D eigenvalue weighted by Crippen LogP contribution is 2.18. The van der Waals surface area contributed by atoms with Crippen molar-refractivity contribution in [2.75, 3.05) is 5.32 Å². The van der Waals surface area contributed by atoms with E-state index in [2.05, 4.69) is 33.3 Å². The lowest BCUT2D eigenvalue weighted by Gasteiger charge is -2.08. The minimum atomic E-state index is -0.212. The summed E-state index contributed by atoms with van der Waals surface area (Å²) in [4.78, 5) is 12.7. The van der Waals surface area contributed by atoms with Gasteiger partial charge in [-0.05, 0) is 66.1 Å². The Morgan fingerprint density at radius 1 is 0.970 bits per heavy atom. The van der Waals surface area contributed by atoms with E-state index in [0.29, 0.717) is 17.9 Å². The Balaban J connectivity index is 1.31. The van der Waals surface area contributed by atoms with Crippen LogP contribution in [0.25, 0.3) is 0 Å². The fraction of sp³-hybridized carbons (Fsp3) is 0.154. The maximum atomic E-state index is 12.7. The molecule has 0 fully saturated rings. The van der Waals surface area contributed by atoms with Crippen LogP contribution >= 0.6 is 15.9 Å². The molecular formula is C26H24BrN3O3. The predicted molar refractivity (Wildman–Crippen MR) is 132 cm³/mol. The van der Waals surface area contributed by atoms with Crippen LogP contribution in [0, 0.1) is 0 Å². The molecule has 0 aliphatic carbocycles. The van der Waals surface area contributed by atoms with E-state index >= 15 is 0 Å². The zero-order valence-electron chi connectivity index (χ0n) is 18.2. The highest BCUT2D eigenvalue weighted by atomic mass is 79.9. The second kappa shape index (κ2) is 10.8. The number of aromatic nitrogens is 2. The third-order valence-electron chi connectivity index (χ3n) is 4.99. The topological polar surface area (TPSA) is 65.4 Å². The molecule has 4 aromatic rings. The van der Waals surface area contributed by atoms with Crippen LogP contribution in [-0.2, 0) is 19.8 Å². The van der Waals surface area contributed by atoms with Crippen LogP contribution in [-0.4, -0.2) is 15.7 Å². The lowest BCUT2D eigenvalue weighted by atomic mass is 10.1. The molecule has 1 N–H and O–H groups in total. The average Bonchev–Trinajstić information content (AvgIpc) is 3.30. The fourth-order valence-electron chi connectivity index (χ4n) is 3.16. The number of ether oxygens (including phenoxy) is 2. The molecule has 0 saturated heterocycles. The summed E-state index contributed by atoms with van der Waals surface area (Å²) in [7, 11) is 0. The Labute approximate surface area is 201 Å². The van der Waals surface area contributed by atoms with Crippen LogP contribution in [0.1, 0.15) is 28.4 Å². The van der Waals surface area contributed by atoms with Gasteiger partial charge in [0.25, 0.3) is 5.91 Å². The number of hydrogen-bond donors (Lipinski definition) is 1. The molecule has 0 atom stereocenters. The number of nitrogens with zero attached hydrogens (tertiary/aromatic N) is 2. The second-order valence-electron chi connectivity index (χ2n) is 7.44. The third kappa shape index (κ3) is 6.46. The van der Waals surface area contributed by atoms with E-state index in [1.54, 1.807) is 23.1 Å². The Bertz CT molecular complexity index is 1200. The number of aryl methyl sites for hydroxylation is 1. The minimum absolute atomic E-state index is 0.212. The molecule has 6 nitrogen and oxygen atoms in total. The van der Waals surface area contributed by atoms with Gasteiger partial charge in [-0.2, -0.15) is 5.10 Å². The Hall–Kier alpha value is -3.58. The highest BCUT2D eigenvalue weighted by Gasteiger charge is 2.09. The van der Waals surface area contributed by atoms with Crippen molar-refractivity contribution >= 4 is 27.5 Å². The monoisotopic (exact) mass is 505 g/mol. The van der Waals surface area contributed by atoms with Gasteiger partial charge in [-0.25, -0.2) is 4.68 Å². The summed E-state index contributed by atoms with van der Waals surface area (Å²) in [6.45, 7) is 2.74. The normalized spacial score (nSPS) is 10.6. The smallest absolute Gasteiger partial charge is 0.255 e. The van der Waals surface area contributed by atoms with Crippen molar-refractivity contribution in [1.82, 2.24) is 9.78 Å². The van der Waals surface area contributed by atoms with Gasteiger partial charge >= 0.3 is 0 Å². The summed E-state index contributed by atoms with van der Waals surface area (Å²) < 4.78 is 14.2. The summed E-state index contributed by atoms with van der Waals surface area (Å²) in [5, 5.41) is 7.13. The molecule has 0 radical (unpaired) electrons. The predicted octanol–water partition coefficient (Wildman–Crippen LogP) is 6.08. The van der Waals surface area contributed by atoms with Crippen molar-refractivity contribution in [3.05, 3.63) is 106 Å². The van der Waals surface area contributed by atoms with E-state index in [4.69, 9.17) is 9.47 Å². The molecule has 0 spiro atoms. The number of nitrogens with one attached hydrogen (secondary N) is 1. The number of carbonyl (C=O) groups excluding carboxylic acids is 1. The van der Waals surface area contributed by atoms with Crippen LogP contribution in [0.3, 0.4) is 0 Å². The molecule has 0 aliphatic rings. The third-order valence-corrected chi connectivity index (χ3v) is 5.52. The van der Waals surface area contributed by atoms with Crippen LogP contribution in [0.15, 0.2) is 89.7 Å². The fourth-order valence-corrected chi connectivity index (χ4v) is 3.43. The van der Waals surface area contributed by atoms with Gasteiger partial charge in [0.05, 0.1) is 18.1 Å². The van der Waals surface area contributed by atoms with Gasteiger partial charge in [-0.3, -0.25) is 4.79 Å². The van der Waals surface area contributed by atoms with Gasteiger partial charge in [0.1, 0.15) is 18.1 Å². The number of halogens is 1. The first-order chi connectivity index (χ1) is 16.1. The quantitative estimate of drug-likeness (QED) is 0.299. The minimum Gasteiger partial charge on any atom is -0.489 e. The first kappa shape index (κ1) is 22.6. The summed E-state index contributed by atoms with van der Waals surface area (Å²) in [6, 6.07) is 23.0. The number of rotatable bonds is 9. The first-order valence-electron chi connectivity index (χ1n) is 10.6. The van der Waals surface area contributed by atoms with Gasteiger partial charge in [0.2, 0.25) is 0 Å². The summed E-state index contributed by atoms with van der Waals surface area (Å²) in [5.41, 5.74) is 3.31. The van der Waals surface area contributed by atoms with Gasteiger partial charge in [0, 0.05) is 10.0 Å². The maximum absolute atomic E-state index is 12.7. The van der Waals surface area contributed by atoms with E-state index in [0.717, 1.165) is 28.0 Å². The van der Waals surface area contributed by atoms with Crippen LogP contribution in [0.5, 0.6) is 11.5 Å². The highest BCUT2D eigenvalue weighted by molar-refractivity contribution is 9.10. The molecule has 4 rings (SSSR count). The summed E-state index contributed by atoms with van der Waals surface area (Å²) in [5.74, 6) is 1.33. The number of hydrogen-bond acceptors (Lipinski definition) is 4. The summed E-state index contributed by atoms with van der Waals surface area (Å²) >= 11 is 3.41. The van der Waals surface area contributed by atoms with Crippen LogP contribution < -0.4 is 14.8 Å². The molecule has 0 unspecified atom stereocenters. The summed E-state index contributed by atoms with van der Waals surface area (Å²) in [6.07, 6.45) is 4.32. The molecule has 3 aromatic carbocycles. The van der Waals surface area contributed by atoms with Gasteiger partial charge < -0.3 is 14.8 Å². The molecule has 0 aliphatic heterocycles. The Kier molecular flexibility index (Phi) is 7.42. The van der Waals surface area contributed by atoms with Crippen molar-refractivity contribution in [2.24, 2.45) is 0 Å². The molecule has 1 amide bonds. The Morgan fingerprint density at radius 2 is 1.70 bits per heavy atom. The van der Waals surface area contributed by atoms with Gasteiger partial charge in [-0.15, -0.1) is 0 Å². The number of carbonyl (C=O) groups is 1. The molecule has 1 heterocycles. The van der Waals surface area contributed by atoms with Crippen LogP contribution in [0.2, 0.25) is 0 Å². The zero-order valence-corrected chi connectivity index (χ0v) is 19.8. The Morgan fingerprint density at radius 3 is 2.45 bits per heavy atom. The largest absolute Gasteiger partial charge is 0.489 e. The van der Waals surface area contributed by atoms with Crippen molar-refractivity contribution in [1.29, 1.82) is 0 Å². The molecule has 0 saturated carbocycles. The van der Waals surface area contributed by atoms with Crippen molar-refractivity contribution in [3.63, 3.8) is 0 Å². The van der Waals surface area contributed by atoms with E-state index in [-0.39, 0.29) is 12.6 Å². The average molecular weight is 506 g/mol. The van der Waals surface area contributed by atoms with E-state index in [1.807, 2.05) is 66.7 Å². The number of anilines is 1. The van der Waals surface area contributed by atoms with Crippen molar-refractivity contribution in [3.8, 4) is 11.5 Å². The SMILES string of the molecule is CCc1ccc(OCn2cc(NC(=O)c3cccc(COc4ccc(Br)cc4)c3)cn2)cc1. The molecule has 168 valence electrons.